The van der Waals surface area contributed by atoms with Crippen LogP contribution in [0.15, 0.2) is 50.5 Å². The van der Waals surface area contributed by atoms with Crippen molar-refractivity contribution in [1.82, 2.24) is 5.43 Å². The molecular weight excluding hydrogens is 486 g/mol. The maximum atomic E-state index is 12.3. The normalized spacial score (nSPS) is 15.4. The smallest absolute Gasteiger partial charge is 0.271 e. The SMILES string of the molecule is CC1=CC(C)(C)N(C)c2ccc(/C=N\NC(=O)c3cc(Br)c(O)c(Br)c3)cc21. The largest absolute Gasteiger partial charge is 0.506 e. The fourth-order valence-electron chi connectivity index (χ4n) is 3.18. The van der Waals surface area contributed by atoms with E-state index in [1.807, 2.05) is 6.07 Å². The molecule has 1 aliphatic heterocycles. The number of halogens is 2. The summed E-state index contributed by atoms with van der Waals surface area (Å²) in [5.74, 6) is -0.321. The van der Waals surface area contributed by atoms with Gasteiger partial charge >= 0.3 is 0 Å². The van der Waals surface area contributed by atoms with Gasteiger partial charge in [-0.25, -0.2) is 5.43 Å². The Bertz CT molecular complexity index is 990. The minimum atomic E-state index is -0.367. The van der Waals surface area contributed by atoms with Gasteiger partial charge in [-0.05, 0) is 88.0 Å². The summed E-state index contributed by atoms with van der Waals surface area (Å²) in [6.07, 6.45) is 3.87. The van der Waals surface area contributed by atoms with E-state index < -0.39 is 0 Å². The lowest BCUT2D eigenvalue weighted by molar-refractivity contribution is 0.0955. The fraction of sp³-hybridized carbons (Fsp3) is 0.238. The molecule has 0 aromatic heterocycles. The van der Waals surface area contributed by atoms with Gasteiger partial charge in [0.25, 0.3) is 5.91 Å². The Morgan fingerprint density at radius 1 is 1.21 bits per heavy atom. The zero-order valence-electron chi connectivity index (χ0n) is 16.0. The fourth-order valence-corrected chi connectivity index (χ4v) is 4.37. The number of benzene rings is 2. The van der Waals surface area contributed by atoms with E-state index >= 15 is 0 Å². The Kier molecular flexibility index (Phi) is 5.68. The molecule has 0 saturated heterocycles. The maximum Gasteiger partial charge on any atom is 0.271 e. The third-order valence-corrected chi connectivity index (χ3v) is 6.11. The number of amides is 1. The summed E-state index contributed by atoms with van der Waals surface area (Å²) in [4.78, 5) is 14.5. The van der Waals surface area contributed by atoms with Crippen LogP contribution in [0.3, 0.4) is 0 Å². The van der Waals surface area contributed by atoms with Gasteiger partial charge in [-0.3, -0.25) is 4.79 Å². The number of hydrogen-bond donors (Lipinski definition) is 2. The van der Waals surface area contributed by atoms with E-state index in [1.54, 1.807) is 6.21 Å². The van der Waals surface area contributed by atoms with Crippen LogP contribution in [0.1, 0.15) is 42.3 Å². The molecule has 2 aromatic rings. The third kappa shape index (κ3) is 4.00. The number of carbonyl (C=O) groups is 1. The molecular formula is C21H21Br2N3O2. The van der Waals surface area contributed by atoms with Crippen molar-refractivity contribution in [2.24, 2.45) is 5.10 Å². The number of rotatable bonds is 3. The number of aromatic hydroxyl groups is 1. The van der Waals surface area contributed by atoms with Crippen LogP contribution in [0, 0.1) is 0 Å². The minimum absolute atomic E-state index is 0.0344. The number of allylic oxidation sites excluding steroid dienone is 1. The molecule has 1 aliphatic rings. The van der Waals surface area contributed by atoms with Crippen molar-refractivity contribution < 1.29 is 9.90 Å². The van der Waals surface area contributed by atoms with Crippen molar-refractivity contribution in [3.8, 4) is 5.75 Å². The Morgan fingerprint density at radius 2 is 1.86 bits per heavy atom. The van der Waals surface area contributed by atoms with E-state index in [-0.39, 0.29) is 17.2 Å². The van der Waals surface area contributed by atoms with Gasteiger partial charge in [0, 0.05) is 23.9 Å². The Labute approximate surface area is 181 Å². The predicted molar refractivity (Wildman–Crippen MR) is 121 cm³/mol. The molecule has 0 radical (unpaired) electrons. The van der Waals surface area contributed by atoms with Crippen molar-refractivity contribution in [2.75, 3.05) is 11.9 Å². The van der Waals surface area contributed by atoms with Crippen LogP contribution in [0.25, 0.3) is 5.57 Å². The number of phenolic OH excluding ortho intramolecular Hbond substituents is 1. The van der Waals surface area contributed by atoms with E-state index in [4.69, 9.17) is 0 Å². The first-order chi connectivity index (χ1) is 13.1. The molecule has 0 atom stereocenters. The summed E-state index contributed by atoms with van der Waals surface area (Å²) < 4.78 is 0.861. The highest BCUT2D eigenvalue weighted by Crippen LogP contribution is 2.38. The monoisotopic (exact) mass is 505 g/mol. The lowest BCUT2D eigenvalue weighted by atomic mass is 9.89. The Morgan fingerprint density at radius 3 is 2.50 bits per heavy atom. The number of phenols is 1. The number of hydrazone groups is 1. The second-order valence-corrected chi connectivity index (χ2v) is 9.01. The van der Waals surface area contributed by atoms with Crippen molar-refractivity contribution >= 4 is 55.2 Å². The van der Waals surface area contributed by atoms with Crippen LogP contribution in [-0.4, -0.2) is 29.8 Å². The topological polar surface area (TPSA) is 64.9 Å². The average molecular weight is 507 g/mol. The zero-order valence-corrected chi connectivity index (χ0v) is 19.2. The predicted octanol–water partition coefficient (Wildman–Crippen LogP) is 5.31. The highest BCUT2D eigenvalue weighted by atomic mass is 79.9. The average Bonchev–Trinajstić information content (AvgIpc) is 2.63. The van der Waals surface area contributed by atoms with Gasteiger partial charge < -0.3 is 10.0 Å². The molecule has 146 valence electrons. The summed E-state index contributed by atoms with van der Waals surface area (Å²) in [6, 6.07) is 9.19. The maximum absolute atomic E-state index is 12.3. The molecule has 2 aromatic carbocycles. The van der Waals surface area contributed by atoms with Crippen LogP contribution in [0.4, 0.5) is 5.69 Å². The van der Waals surface area contributed by atoms with Crippen molar-refractivity contribution in [1.29, 1.82) is 0 Å². The molecule has 28 heavy (non-hydrogen) atoms. The van der Waals surface area contributed by atoms with E-state index in [9.17, 15) is 9.90 Å². The van der Waals surface area contributed by atoms with Gasteiger partial charge in [-0.15, -0.1) is 0 Å². The zero-order chi connectivity index (χ0) is 20.6. The van der Waals surface area contributed by atoms with Gasteiger partial charge in [0.2, 0.25) is 0 Å². The molecule has 1 heterocycles. The lowest BCUT2D eigenvalue weighted by Crippen LogP contribution is -2.42. The Balaban J connectivity index is 1.77. The molecule has 7 heteroatoms. The third-order valence-electron chi connectivity index (χ3n) is 4.90. The highest BCUT2D eigenvalue weighted by molar-refractivity contribution is 9.11. The number of likely N-dealkylation sites (N-methyl/N-ethyl adjacent to an activating group) is 1. The number of fused-ring (bicyclic) bond motifs is 1. The number of nitrogens with one attached hydrogen (secondary N) is 1. The molecule has 2 N–H and O–H groups in total. The Hall–Kier alpha value is -2.12. The van der Waals surface area contributed by atoms with E-state index in [2.05, 4.69) is 93.3 Å². The van der Waals surface area contributed by atoms with Gasteiger partial charge in [0.15, 0.2) is 0 Å². The second-order valence-electron chi connectivity index (χ2n) is 7.30. The van der Waals surface area contributed by atoms with Gasteiger partial charge in [-0.2, -0.15) is 5.10 Å². The number of carbonyl (C=O) groups excluding carboxylic acids is 1. The summed E-state index contributed by atoms with van der Waals surface area (Å²) in [7, 11) is 2.09. The lowest BCUT2D eigenvalue weighted by Gasteiger charge is -2.40. The number of hydrogen-bond acceptors (Lipinski definition) is 4. The van der Waals surface area contributed by atoms with Crippen LogP contribution in [0.5, 0.6) is 5.75 Å². The summed E-state index contributed by atoms with van der Waals surface area (Å²) in [5.41, 5.74) is 7.30. The molecule has 0 unspecified atom stereocenters. The quantitative estimate of drug-likeness (QED) is 0.437. The molecule has 3 rings (SSSR count). The van der Waals surface area contributed by atoms with E-state index in [0.717, 1.165) is 11.1 Å². The standard InChI is InChI=1S/C21H21Br2N3O2/c1-12-10-21(2,3)26(4)18-6-5-13(7-15(12)18)11-24-25-20(28)14-8-16(22)19(27)17(23)9-14/h5-11,27H,1-4H3,(H,25,28)/b24-11-. The first-order valence-electron chi connectivity index (χ1n) is 8.69. The molecule has 0 bridgehead atoms. The number of anilines is 1. The molecule has 0 spiro atoms. The van der Waals surface area contributed by atoms with Crippen LogP contribution >= 0.6 is 31.9 Å². The molecule has 0 aliphatic carbocycles. The minimum Gasteiger partial charge on any atom is -0.506 e. The second kappa shape index (κ2) is 7.72. The molecule has 5 nitrogen and oxygen atoms in total. The molecule has 0 fully saturated rings. The van der Waals surface area contributed by atoms with Gasteiger partial charge in [0.1, 0.15) is 5.75 Å². The van der Waals surface area contributed by atoms with Crippen molar-refractivity contribution in [2.45, 2.75) is 26.3 Å². The van der Waals surface area contributed by atoms with Crippen LogP contribution in [-0.2, 0) is 0 Å². The first kappa shape index (κ1) is 20.6. The van der Waals surface area contributed by atoms with Gasteiger partial charge in [0.05, 0.1) is 20.7 Å². The summed E-state index contributed by atoms with van der Waals surface area (Å²) in [5, 5.41) is 13.8. The highest BCUT2D eigenvalue weighted by Gasteiger charge is 2.28. The number of nitrogens with zero attached hydrogens (tertiary/aromatic N) is 2. The molecule has 0 saturated carbocycles. The van der Waals surface area contributed by atoms with Crippen LogP contribution < -0.4 is 10.3 Å². The van der Waals surface area contributed by atoms with Crippen molar-refractivity contribution in [3.63, 3.8) is 0 Å². The van der Waals surface area contributed by atoms with Crippen LogP contribution in [0.2, 0.25) is 0 Å². The summed E-state index contributed by atoms with van der Waals surface area (Å²) in [6.45, 7) is 6.48. The van der Waals surface area contributed by atoms with E-state index in [0.29, 0.717) is 14.5 Å². The van der Waals surface area contributed by atoms with Gasteiger partial charge in [-0.1, -0.05) is 12.1 Å². The summed E-state index contributed by atoms with van der Waals surface area (Å²) >= 11 is 6.43. The van der Waals surface area contributed by atoms with E-state index in [1.165, 1.54) is 23.4 Å². The first-order valence-corrected chi connectivity index (χ1v) is 10.3. The molecule has 1 amide bonds. The van der Waals surface area contributed by atoms with Crippen molar-refractivity contribution in [3.05, 3.63) is 62.0 Å².